The minimum absolute atomic E-state index is 0.869. The molecule has 0 amide bonds. The molecule has 0 unspecified atom stereocenters. The number of rotatable bonds is 0. The molecule has 0 aromatic heterocycles. The number of hydrogen-bond donors (Lipinski definition) is 1. The SMILES string of the molecule is S=c1ccc2cc3ccccc3[nH]c-2c1. The van der Waals surface area contributed by atoms with E-state index in [4.69, 9.17) is 12.2 Å². The van der Waals surface area contributed by atoms with Gasteiger partial charge in [0.1, 0.15) is 0 Å². The molecule has 2 aliphatic rings. The number of nitrogens with one attached hydrogen (secondary N) is 1. The molecule has 1 nitrogen and oxygen atoms in total. The molecule has 72 valence electrons. The quantitative estimate of drug-likeness (QED) is 0.439. The van der Waals surface area contributed by atoms with Gasteiger partial charge in [-0.2, -0.15) is 0 Å². The van der Waals surface area contributed by atoms with Crippen LogP contribution in [0.5, 0.6) is 0 Å². The summed E-state index contributed by atoms with van der Waals surface area (Å²) in [5.74, 6) is 0. The average molecular weight is 211 g/mol. The maximum Gasteiger partial charge on any atom is 0.0472 e. The van der Waals surface area contributed by atoms with Crippen LogP contribution in [0.4, 0.5) is 0 Å². The Labute approximate surface area is 92.7 Å². The van der Waals surface area contributed by atoms with E-state index in [1.165, 1.54) is 10.9 Å². The molecule has 15 heavy (non-hydrogen) atoms. The molecule has 3 rings (SSSR count). The molecule has 1 aliphatic carbocycles. The van der Waals surface area contributed by atoms with Crippen molar-refractivity contribution in [3.8, 4) is 11.3 Å². The lowest BCUT2D eigenvalue weighted by Gasteiger charge is -2.07. The van der Waals surface area contributed by atoms with E-state index in [1.807, 2.05) is 24.3 Å². The van der Waals surface area contributed by atoms with Crippen molar-refractivity contribution in [3.63, 3.8) is 0 Å². The predicted molar refractivity (Wildman–Crippen MR) is 65.8 cm³/mol. The largest absolute Gasteiger partial charge is 0.355 e. The normalized spacial score (nSPS) is 10.9. The second-order valence-corrected chi connectivity index (χ2v) is 4.08. The lowest BCUT2D eigenvalue weighted by atomic mass is 10.1. The third-order valence-corrected chi connectivity index (χ3v) is 2.82. The average Bonchev–Trinajstić information content (AvgIpc) is 2.26. The Hall–Kier alpha value is -1.67. The number of H-pyrrole nitrogens is 1. The van der Waals surface area contributed by atoms with Gasteiger partial charge < -0.3 is 4.98 Å². The zero-order valence-electron chi connectivity index (χ0n) is 8.03. The number of aromatic amines is 1. The van der Waals surface area contributed by atoms with Gasteiger partial charge in [-0.15, -0.1) is 0 Å². The smallest absolute Gasteiger partial charge is 0.0472 e. The van der Waals surface area contributed by atoms with Gasteiger partial charge in [0, 0.05) is 15.7 Å². The molecule has 2 heteroatoms. The van der Waals surface area contributed by atoms with Gasteiger partial charge in [-0.1, -0.05) is 36.5 Å². The zero-order chi connectivity index (χ0) is 10.3. The van der Waals surface area contributed by atoms with Gasteiger partial charge in [-0.05, 0) is 35.2 Å². The van der Waals surface area contributed by atoms with E-state index in [2.05, 4.69) is 29.2 Å². The first kappa shape index (κ1) is 8.62. The first-order chi connectivity index (χ1) is 7.33. The molecule has 1 aromatic rings. The molecule has 0 radical (unpaired) electrons. The van der Waals surface area contributed by atoms with Gasteiger partial charge in [0.25, 0.3) is 0 Å². The molecule has 0 fully saturated rings. The van der Waals surface area contributed by atoms with Crippen molar-refractivity contribution in [3.05, 3.63) is 53.0 Å². The summed E-state index contributed by atoms with van der Waals surface area (Å²) in [6.07, 6.45) is 0. The minimum atomic E-state index is 0.869. The summed E-state index contributed by atoms with van der Waals surface area (Å²) in [6, 6.07) is 16.4. The second-order valence-electron chi connectivity index (χ2n) is 3.61. The topological polar surface area (TPSA) is 15.8 Å². The second kappa shape index (κ2) is 3.17. The van der Waals surface area contributed by atoms with Crippen LogP contribution in [0.3, 0.4) is 0 Å². The molecule has 0 atom stereocenters. The predicted octanol–water partition coefficient (Wildman–Crippen LogP) is 4.00. The number of pyridine rings is 1. The van der Waals surface area contributed by atoms with Crippen molar-refractivity contribution in [1.82, 2.24) is 4.98 Å². The third-order valence-electron chi connectivity index (χ3n) is 2.57. The standard InChI is InChI=1S/C13H9NS/c15-11-6-5-10-7-9-3-1-2-4-12(9)14-13(10)8-11/h1-8,14H. The molecule has 1 aliphatic heterocycles. The van der Waals surface area contributed by atoms with Crippen molar-refractivity contribution in [2.45, 2.75) is 0 Å². The Kier molecular flexibility index (Phi) is 1.82. The van der Waals surface area contributed by atoms with E-state index >= 15 is 0 Å². The number of benzene rings is 2. The summed E-state index contributed by atoms with van der Waals surface area (Å²) in [5.41, 5.74) is 3.44. The highest BCUT2D eigenvalue weighted by atomic mass is 32.1. The number of para-hydroxylation sites is 1. The highest BCUT2D eigenvalue weighted by Gasteiger charge is 2.02. The van der Waals surface area contributed by atoms with Crippen LogP contribution in [0.15, 0.2) is 48.5 Å². The Bertz CT molecular complexity index is 654. The number of hydrogen-bond acceptors (Lipinski definition) is 1. The summed E-state index contributed by atoms with van der Waals surface area (Å²) < 4.78 is 0.869. The highest BCUT2D eigenvalue weighted by molar-refractivity contribution is 7.71. The number of fused-ring (bicyclic) bond motifs is 2. The van der Waals surface area contributed by atoms with E-state index in [9.17, 15) is 0 Å². The minimum Gasteiger partial charge on any atom is -0.355 e. The van der Waals surface area contributed by atoms with Crippen LogP contribution in [-0.2, 0) is 0 Å². The fourth-order valence-electron chi connectivity index (χ4n) is 1.82. The van der Waals surface area contributed by atoms with Gasteiger partial charge in [-0.3, -0.25) is 0 Å². The van der Waals surface area contributed by atoms with Crippen molar-refractivity contribution in [2.24, 2.45) is 0 Å². The maximum absolute atomic E-state index is 5.14. The zero-order valence-corrected chi connectivity index (χ0v) is 8.84. The summed E-state index contributed by atoms with van der Waals surface area (Å²) in [7, 11) is 0. The van der Waals surface area contributed by atoms with E-state index < -0.39 is 0 Å². The van der Waals surface area contributed by atoms with Crippen molar-refractivity contribution < 1.29 is 0 Å². The molecule has 1 heterocycles. The Morgan fingerprint density at radius 1 is 0.933 bits per heavy atom. The van der Waals surface area contributed by atoms with Crippen LogP contribution < -0.4 is 0 Å². The molecule has 0 saturated heterocycles. The first-order valence-electron chi connectivity index (χ1n) is 4.85. The molecule has 0 spiro atoms. The molecular weight excluding hydrogens is 202 g/mol. The first-order valence-corrected chi connectivity index (χ1v) is 5.26. The van der Waals surface area contributed by atoms with Crippen LogP contribution >= 0.6 is 12.2 Å². The van der Waals surface area contributed by atoms with Crippen molar-refractivity contribution >= 4 is 23.1 Å². The molecule has 0 saturated carbocycles. The summed E-state index contributed by atoms with van der Waals surface area (Å²) in [4.78, 5) is 3.38. The van der Waals surface area contributed by atoms with Crippen molar-refractivity contribution in [2.75, 3.05) is 0 Å². The van der Waals surface area contributed by atoms with E-state index in [-0.39, 0.29) is 0 Å². The maximum atomic E-state index is 5.14. The van der Waals surface area contributed by atoms with Gasteiger partial charge in [0.15, 0.2) is 0 Å². The van der Waals surface area contributed by atoms with Gasteiger partial charge >= 0.3 is 0 Å². The lowest BCUT2D eigenvalue weighted by Crippen LogP contribution is -1.87. The number of aromatic nitrogens is 1. The summed E-state index contributed by atoms with van der Waals surface area (Å²) in [6.45, 7) is 0. The molecule has 1 N–H and O–H groups in total. The van der Waals surface area contributed by atoms with Gasteiger partial charge in [0.05, 0.1) is 0 Å². The van der Waals surface area contributed by atoms with Crippen molar-refractivity contribution in [1.29, 1.82) is 0 Å². The van der Waals surface area contributed by atoms with E-state index in [0.717, 1.165) is 15.7 Å². The van der Waals surface area contributed by atoms with Crippen LogP contribution in [0.1, 0.15) is 0 Å². The van der Waals surface area contributed by atoms with E-state index in [1.54, 1.807) is 0 Å². The molecule has 0 bridgehead atoms. The van der Waals surface area contributed by atoms with Crippen LogP contribution in [0, 0.1) is 4.51 Å². The third kappa shape index (κ3) is 1.43. The van der Waals surface area contributed by atoms with Crippen LogP contribution in [-0.4, -0.2) is 4.98 Å². The Morgan fingerprint density at radius 2 is 1.80 bits per heavy atom. The molecular formula is C13H9NS. The van der Waals surface area contributed by atoms with E-state index in [0.29, 0.717) is 0 Å². The highest BCUT2D eigenvalue weighted by Crippen LogP contribution is 2.24. The lowest BCUT2D eigenvalue weighted by molar-refractivity contribution is 1.39. The fraction of sp³-hybridized carbons (Fsp3) is 0. The van der Waals surface area contributed by atoms with Crippen LogP contribution in [0.25, 0.3) is 22.2 Å². The summed E-state index contributed by atoms with van der Waals surface area (Å²) in [5, 5.41) is 1.22. The monoisotopic (exact) mass is 211 g/mol. The Morgan fingerprint density at radius 3 is 2.73 bits per heavy atom. The summed E-state index contributed by atoms with van der Waals surface area (Å²) >= 11 is 5.14. The fourth-order valence-corrected chi connectivity index (χ4v) is 2.00. The molecule has 1 aromatic carbocycles. The Balaban J connectivity index is 2.49. The van der Waals surface area contributed by atoms with Gasteiger partial charge in [-0.25, -0.2) is 0 Å². The van der Waals surface area contributed by atoms with Gasteiger partial charge in [0.2, 0.25) is 0 Å². The van der Waals surface area contributed by atoms with Crippen LogP contribution in [0.2, 0.25) is 0 Å².